The fourth-order valence-corrected chi connectivity index (χ4v) is 3.40. The van der Waals surface area contributed by atoms with E-state index in [1.807, 2.05) is 7.05 Å². The summed E-state index contributed by atoms with van der Waals surface area (Å²) in [5.41, 5.74) is -0.461. The molecule has 1 amide bonds. The number of likely N-dealkylation sites (tertiary alicyclic amines) is 1. The number of carbonyl (C=O) groups excluding carboxylic acids is 1. The Bertz CT molecular complexity index is 806. The first-order valence-corrected chi connectivity index (χ1v) is 8.28. The highest BCUT2D eigenvalue weighted by atomic mass is 16.7. The molecule has 2 aliphatic heterocycles. The topological polar surface area (TPSA) is 89.7 Å². The molecule has 0 radical (unpaired) electrons. The number of amides is 1. The molecule has 2 aromatic rings. The maximum atomic E-state index is 12.8. The van der Waals surface area contributed by atoms with Gasteiger partial charge in [-0.05, 0) is 31.0 Å². The van der Waals surface area contributed by atoms with Crippen LogP contribution in [0.4, 0.5) is 0 Å². The van der Waals surface area contributed by atoms with Gasteiger partial charge in [0, 0.05) is 25.6 Å². The van der Waals surface area contributed by atoms with Crippen LogP contribution >= 0.6 is 0 Å². The van der Waals surface area contributed by atoms with Gasteiger partial charge in [0.1, 0.15) is 12.2 Å². The molecule has 2 aliphatic rings. The third-order valence-electron chi connectivity index (χ3n) is 4.75. The summed E-state index contributed by atoms with van der Waals surface area (Å²) < 4.78 is 12.4. The van der Waals surface area contributed by atoms with Gasteiger partial charge in [-0.15, -0.1) is 10.2 Å². The van der Waals surface area contributed by atoms with Crippen LogP contribution in [-0.2, 0) is 13.5 Å². The first-order chi connectivity index (χ1) is 12.0. The Morgan fingerprint density at radius 3 is 3.00 bits per heavy atom. The van der Waals surface area contributed by atoms with Crippen LogP contribution in [0.2, 0.25) is 0 Å². The zero-order valence-electron chi connectivity index (χ0n) is 14.0. The summed E-state index contributed by atoms with van der Waals surface area (Å²) in [6.45, 7) is 1.07. The van der Waals surface area contributed by atoms with E-state index >= 15 is 0 Å². The number of aliphatic hydroxyl groups is 1. The van der Waals surface area contributed by atoms with Crippen molar-refractivity contribution in [1.29, 1.82) is 0 Å². The van der Waals surface area contributed by atoms with E-state index in [9.17, 15) is 9.90 Å². The lowest BCUT2D eigenvalue weighted by Crippen LogP contribution is -2.51. The van der Waals surface area contributed by atoms with Crippen LogP contribution in [0.25, 0.3) is 0 Å². The summed E-state index contributed by atoms with van der Waals surface area (Å²) >= 11 is 0. The number of nitrogens with zero attached hydrogens (tertiary/aromatic N) is 4. The molecule has 1 fully saturated rings. The molecule has 0 bridgehead atoms. The van der Waals surface area contributed by atoms with Crippen LogP contribution in [0.15, 0.2) is 24.5 Å². The molecule has 1 N–H and O–H groups in total. The first kappa shape index (κ1) is 15.9. The van der Waals surface area contributed by atoms with E-state index < -0.39 is 5.60 Å². The number of rotatable bonds is 3. The predicted molar refractivity (Wildman–Crippen MR) is 87.4 cm³/mol. The van der Waals surface area contributed by atoms with E-state index in [-0.39, 0.29) is 19.2 Å². The second-order valence-corrected chi connectivity index (χ2v) is 6.66. The normalized spacial score (nSPS) is 22.2. The predicted octanol–water partition coefficient (Wildman–Crippen LogP) is 0.754. The van der Waals surface area contributed by atoms with Crippen molar-refractivity contribution in [3.63, 3.8) is 0 Å². The number of piperidine rings is 1. The number of carbonyl (C=O) groups is 1. The van der Waals surface area contributed by atoms with Crippen molar-refractivity contribution < 1.29 is 19.4 Å². The van der Waals surface area contributed by atoms with Crippen molar-refractivity contribution >= 4 is 5.91 Å². The van der Waals surface area contributed by atoms with Crippen LogP contribution in [0.5, 0.6) is 11.5 Å². The van der Waals surface area contributed by atoms with Gasteiger partial charge in [-0.3, -0.25) is 4.79 Å². The van der Waals surface area contributed by atoms with E-state index in [0.29, 0.717) is 42.3 Å². The third-order valence-corrected chi connectivity index (χ3v) is 4.75. The summed E-state index contributed by atoms with van der Waals surface area (Å²) in [6, 6.07) is 5.17. The fourth-order valence-electron chi connectivity index (χ4n) is 3.40. The average Bonchev–Trinajstić information content (AvgIpc) is 3.22. The van der Waals surface area contributed by atoms with Gasteiger partial charge in [-0.25, -0.2) is 0 Å². The monoisotopic (exact) mass is 344 g/mol. The van der Waals surface area contributed by atoms with Gasteiger partial charge in [0.2, 0.25) is 6.79 Å². The minimum atomic E-state index is -0.995. The summed E-state index contributed by atoms with van der Waals surface area (Å²) in [5, 5.41) is 18.9. The number of aromatic nitrogens is 3. The molecule has 8 nitrogen and oxygen atoms in total. The van der Waals surface area contributed by atoms with Crippen molar-refractivity contribution in [2.75, 3.05) is 19.9 Å². The highest BCUT2D eigenvalue weighted by molar-refractivity contribution is 5.95. The molecular formula is C17H20N4O4. The molecule has 132 valence electrons. The second-order valence-electron chi connectivity index (χ2n) is 6.66. The smallest absolute Gasteiger partial charge is 0.254 e. The Morgan fingerprint density at radius 2 is 2.20 bits per heavy atom. The highest BCUT2D eigenvalue weighted by Gasteiger charge is 2.37. The number of hydrogen-bond donors (Lipinski definition) is 1. The average molecular weight is 344 g/mol. The van der Waals surface area contributed by atoms with Gasteiger partial charge in [0.05, 0.1) is 12.1 Å². The molecule has 4 rings (SSSR count). The van der Waals surface area contributed by atoms with Crippen molar-refractivity contribution in [2.45, 2.75) is 24.9 Å². The summed E-state index contributed by atoms with van der Waals surface area (Å²) in [4.78, 5) is 14.5. The van der Waals surface area contributed by atoms with Crippen molar-refractivity contribution in [3.05, 3.63) is 35.9 Å². The number of fused-ring (bicyclic) bond motifs is 1. The van der Waals surface area contributed by atoms with Gasteiger partial charge in [0.25, 0.3) is 5.91 Å². The van der Waals surface area contributed by atoms with E-state index in [2.05, 4.69) is 10.2 Å². The minimum absolute atomic E-state index is 0.116. The maximum absolute atomic E-state index is 12.8. The number of hydrogen-bond acceptors (Lipinski definition) is 6. The molecule has 1 aromatic heterocycles. The van der Waals surface area contributed by atoms with E-state index in [1.54, 1.807) is 34.0 Å². The molecule has 8 heteroatoms. The Balaban J connectivity index is 1.50. The van der Waals surface area contributed by atoms with Gasteiger partial charge < -0.3 is 24.0 Å². The van der Waals surface area contributed by atoms with E-state index in [0.717, 1.165) is 6.42 Å². The molecule has 1 aromatic carbocycles. The molecule has 0 saturated carbocycles. The Hall–Kier alpha value is -2.61. The van der Waals surface area contributed by atoms with Crippen molar-refractivity contribution in [3.8, 4) is 11.5 Å². The lowest BCUT2D eigenvalue weighted by atomic mass is 9.89. The molecule has 0 spiro atoms. The quantitative estimate of drug-likeness (QED) is 0.884. The molecule has 1 unspecified atom stereocenters. The summed E-state index contributed by atoms with van der Waals surface area (Å²) in [6.07, 6.45) is 3.35. The highest BCUT2D eigenvalue weighted by Crippen LogP contribution is 2.33. The first-order valence-electron chi connectivity index (χ1n) is 8.28. The van der Waals surface area contributed by atoms with Crippen LogP contribution in [0.1, 0.15) is 29.0 Å². The molecule has 0 aliphatic carbocycles. The van der Waals surface area contributed by atoms with Gasteiger partial charge in [-0.2, -0.15) is 0 Å². The molecule has 3 heterocycles. The maximum Gasteiger partial charge on any atom is 0.254 e. The molecular weight excluding hydrogens is 324 g/mol. The lowest BCUT2D eigenvalue weighted by molar-refractivity contribution is -0.0258. The third kappa shape index (κ3) is 3.05. The zero-order chi connectivity index (χ0) is 17.4. The number of β-amino-alcohol motifs (C(OH)–C–C–N with tert-alkyl or cyclic N) is 1. The molecule has 1 atom stereocenters. The minimum Gasteiger partial charge on any atom is -0.454 e. The largest absolute Gasteiger partial charge is 0.454 e. The fraction of sp³-hybridized carbons (Fsp3) is 0.471. The van der Waals surface area contributed by atoms with Gasteiger partial charge in [-0.1, -0.05) is 0 Å². The van der Waals surface area contributed by atoms with Gasteiger partial charge >= 0.3 is 0 Å². The Morgan fingerprint density at radius 1 is 1.36 bits per heavy atom. The second kappa shape index (κ2) is 6.03. The van der Waals surface area contributed by atoms with Crippen LogP contribution in [0, 0.1) is 0 Å². The number of aryl methyl sites for hydroxylation is 1. The van der Waals surface area contributed by atoms with Crippen LogP contribution < -0.4 is 9.47 Å². The van der Waals surface area contributed by atoms with Gasteiger partial charge in [0.15, 0.2) is 11.5 Å². The lowest BCUT2D eigenvalue weighted by Gasteiger charge is -2.39. The summed E-state index contributed by atoms with van der Waals surface area (Å²) in [5.74, 6) is 1.82. The number of benzene rings is 1. The standard InChI is InChI=1S/C17H20N4O4/c1-20-10-18-19-15(20)8-17(23)5-2-6-21(9-17)16(22)12-3-4-13-14(7-12)25-11-24-13/h3-4,7,10,23H,2,5-6,8-9,11H2,1H3. The molecule has 1 saturated heterocycles. The van der Waals surface area contributed by atoms with E-state index in [4.69, 9.17) is 9.47 Å². The van der Waals surface area contributed by atoms with Crippen LogP contribution in [0.3, 0.4) is 0 Å². The van der Waals surface area contributed by atoms with E-state index in [1.165, 1.54) is 0 Å². The molecule has 25 heavy (non-hydrogen) atoms. The zero-order valence-corrected chi connectivity index (χ0v) is 14.0. The Labute approximate surface area is 145 Å². The van der Waals surface area contributed by atoms with Crippen LogP contribution in [-0.4, -0.2) is 56.2 Å². The number of ether oxygens (including phenoxy) is 2. The van der Waals surface area contributed by atoms with Crippen molar-refractivity contribution in [1.82, 2.24) is 19.7 Å². The summed E-state index contributed by atoms with van der Waals surface area (Å²) in [7, 11) is 1.84. The van der Waals surface area contributed by atoms with Crippen molar-refractivity contribution in [2.24, 2.45) is 7.05 Å². The SMILES string of the molecule is Cn1cnnc1CC1(O)CCCN(C(=O)c2ccc3c(c2)OCO3)C1. The Kier molecular flexibility index (Phi) is 3.84.